The van der Waals surface area contributed by atoms with E-state index in [2.05, 4.69) is 4.84 Å². The quantitative estimate of drug-likeness (QED) is 0.683. The van der Waals surface area contributed by atoms with E-state index < -0.39 is 0 Å². The molecule has 4 heteroatoms. The first-order valence-corrected chi connectivity index (χ1v) is 4.10. The van der Waals surface area contributed by atoms with Crippen molar-refractivity contribution >= 4 is 0 Å². The highest BCUT2D eigenvalue weighted by atomic mass is 16.6. The number of nitrogens with two attached hydrogens (primary N) is 1. The van der Waals surface area contributed by atoms with Gasteiger partial charge < -0.3 is 14.3 Å². The maximum Gasteiger partial charge on any atom is 0.161 e. The molecule has 1 aromatic rings. The van der Waals surface area contributed by atoms with Crippen molar-refractivity contribution in [3.05, 3.63) is 24.3 Å². The number of fused-ring (bicyclic) bond motifs is 1. The number of para-hydroxylation sites is 2. The van der Waals surface area contributed by atoms with Gasteiger partial charge in [-0.3, -0.25) is 0 Å². The molecule has 2 rings (SSSR count). The summed E-state index contributed by atoms with van der Waals surface area (Å²) in [6.07, 6.45) is -0.111. The van der Waals surface area contributed by atoms with Crippen LogP contribution in [0.2, 0.25) is 0 Å². The molecule has 0 amide bonds. The zero-order chi connectivity index (χ0) is 9.10. The Bertz CT molecular complexity index is 290. The van der Waals surface area contributed by atoms with Crippen LogP contribution >= 0.6 is 0 Å². The molecule has 0 aliphatic carbocycles. The Hall–Kier alpha value is -1.26. The fourth-order valence-electron chi connectivity index (χ4n) is 1.25. The van der Waals surface area contributed by atoms with Crippen molar-refractivity contribution in [3.63, 3.8) is 0 Å². The molecule has 1 unspecified atom stereocenters. The van der Waals surface area contributed by atoms with Crippen molar-refractivity contribution in [1.29, 1.82) is 0 Å². The number of rotatable bonds is 2. The lowest BCUT2D eigenvalue weighted by Crippen LogP contribution is -2.34. The van der Waals surface area contributed by atoms with Gasteiger partial charge in [0.2, 0.25) is 0 Å². The molecular formula is C9H11NO3. The third kappa shape index (κ3) is 1.74. The van der Waals surface area contributed by atoms with Gasteiger partial charge in [-0.05, 0) is 12.1 Å². The number of ether oxygens (including phenoxy) is 2. The smallest absolute Gasteiger partial charge is 0.161 e. The summed E-state index contributed by atoms with van der Waals surface area (Å²) in [5.41, 5.74) is 0. The first-order chi connectivity index (χ1) is 6.40. The minimum atomic E-state index is -0.111. The van der Waals surface area contributed by atoms with Crippen LogP contribution < -0.4 is 15.4 Å². The predicted octanol–water partition coefficient (Wildman–Crippen LogP) is 0.717. The number of benzene rings is 1. The van der Waals surface area contributed by atoms with Crippen molar-refractivity contribution in [2.75, 3.05) is 13.2 Å². The molecule has 1 aromatic carbocycles. The zero-order valence-corrected chi connectivity index (χ0v) is 7.10. The van der Waals surface area contributed by atoms with Crippen LogP contribution in [0.4, 0.5) is 0 Å². The number of hydrogen-bond acceptors (Lipinski definition) is 4. The molecule has 1 aliphatic rings. The lowest BCUT2D eigenvalue weighted by atomic mass is 10.3. The molecule has 1 atom stereocenters. The molecule has 0 saturated carbocycles. The summed E-state index contributed by atoms with van der Waals surface area (Å²) in [6, 6.07) is 7.53. The first kappa shape index (κ1) is 8.34. The van der Waals surface area contributed by atoms with Gasteiger partial charge in [0.25, 0.3) is 0 Å². The van der Waals surface area contributed by atoms with Gasteiger partial charge >= 0.3 is 0 Å². The van der Waals surface area contributed by atoms with E-state index in [1.165, 1.54) is 0 Å². The molecule has 0 aromatic heterocycles. The van der Waals surface area contributed by atoms with Gasteiger partial charge in [-0.1, -0.05) is 12.1 Å². The predicted molar refractivity (Wildman–Crippen MR) is 46.5 cm³/mol. The minimum Gasteiger partial charge on any atom is -0.486 e. The molecule has 1 aliphatic heterocycles. The van der Waals surface area contributed by atoms with E-state index in [4.69, 9.17) is 15.4 Å². The lowest BCUT2D eigenvalue weighted by Gasteiger charge is -2.25. The summed E-state index contributed by atoms with van der Waals surface area (Å²) in [5, 5.41) is 0. The highest BCUT2D eigenvalue weighted by Crippen LogP contribution is 2.30. The van der Waals surface area contributed by atoms with Crippen molar-refractivity contribution < 1.29 is 14.3 Å². The molecular weight excluding hydrogens is 170 g/mol. The van der Waals surface area contributed by atoms with Crippen LogP contribution in [0, 0.1) is 0 Å². The summed E-state index contributed by atoms with van der Waals surface area (Å²) < 4.78 is 11.0. The SMILES string of the molecule is NOCC1COc2ccccc2O1. The standard InChI is InChI=1S/C9H11NO3/c10-12-6-7-5-11-8-3-1-2-4-9(8)13-7/h1-4,7H,5-6,10H2. The fourth-order valence-corrected chi connectivity index (χ4v) is 1.25. The van der Waals surface area contributed by atoms with Gasteiger partial charge in [0.05, 0.1) is 0 Å². The molecule has 1 heterocycles. The highest BCUT2D eigenvalue weighted by Gasteiger charge is 2.19. The van der Waals surface area contributed by atoms with Crippen LogP contribution in [0.25, 0.3) is 0 Å². The normalized spacial score (nSPS) is 19.9. The third-order valence-corrected chi connectivity index (χ3v) is 1.85. The summed E-state index contributed by atoms with van der Waals surface area (Å²) in [6.45, 7) is 0.822. The summed E-state index contributed by atoms with van der Waals surface area (Å²) >= 11 is 0. The monoisotopic (exact) mass is 181 g/mol. The van der Waals surface area contributed by atoms with E-state index in [1.807, 2.05) is 24.3 Å². The van der Waals surface area contributed by atoms with E-state index in [9.17, 15) is 0 Å². The Morgan fingerprint density at radius 1 is 1.38 bits per heavy atom. The van der Waals surface area contributed by atoms with Gasteiger partial charge in [0.1, 0.15) is 13.2 Å². The molecule has 2 N–H and O–H groups in total. The Labute approximate surface area is 76.2 Å². The van der Waals surface area contributed by atoms with E-state index in [0.29, 0.717) is 13.2 Å². The van der Waals surface area contributed by atoms with Crippen molar-refractivity contribution in [2.24, 2.45) is 5.90 Å². The Balaban J connectivity index is 2.11. The largest absolute Gasteiger partial charge is 0.486 e. The fraction of sp³-hybridized carbons (Fsp3) is 0.333. The van der Waals surface area contributed by atoms with E-state index >= 15 is 0 Å². The van der Waals surface area contributed by atoms with E-state index in [1.54, 1.807) is 0 Å². The van der Waals surface area contributed by atoms with E-state index in [0.717, 1.165) is 11.5 Å². The van der Waals surface area contributed by atoms with Crippen molar-refractivity contribution in [1.82, 2.24) is 0 Å². The van der Waals surface area contributed by atoms with Crippen LogP contribution in [0.3, 0.4) is 0 Å². The van der Waals surface area contributed by atoms with Gasteiger partial charge in [-0.15, -0.1) is 0 Å². The first-order valence-electron chi connectivity index (χ1n) is 4.10. The minimum absolute atomic E-state index is 0.111. The van der Waals surface area contributed by atoms with Gasteiger partial charge in [0, 0.05) is 0 Å². The maximum atomic E-state index is 5.54. The molecule has 0 fully saturated rings. The van der Waals surface area contributed by atoms with Crippen molar-refractivity contribution in [3.8, 4) is 11.5 Å². The Kier molecular flexibility index (Phi) is 2.33. The van der Waals surface area contributed by atoms with Crippen LogP contribution in [0.1, 0.15) is 0 Å². The van der Waals surface area contributed by atoms with Crippen LogP contribution in [-0.4, -0.2) is 19.3 Å². The lowest BCUT2D eigenvalue weighted by molar-refractivity contribution is 0.00829. The van der Waals surface area contributed by atoms with Gasteiger partial charge in [0.15, 0.2) is 17.6 Å². The second-order valence-electron chi connectivity index (χ2n) is 2.83. The highest BCUT2D eigenvalue weighted by molar-refractivity contribution is 5.40. The summed E-state index contributed by atoms with van der Waals surface area (Å²) in [7, 11) is 0. The Morgan fingerprint density at radius 2 is 2.15 bits per heavy atom. The van der Waals surface area contributed by atoms with Crippen LogP contribution in [-0.2, 0) is 4.84 Å². The average Bonchev–Trinajstić information content (AvgIpc) is 2.18. The van der Waals surface area contributed by atoms with Crippen LogP contribution in [0.5, 0.6) is 11.5 Å². The number of hydrogen-bond donors (Lipinski definition) is 1. The van der Waals surface area contributed by atoms with Gasteiger partial charge in [-0.25, -0.2) is 5.90 Å². The zero-order valence-electron chi connectivity index (χ0n) is 7.10. The summed E-state index contributed by atoms with van der Waals surface area (Å²) in [4.78, 5) is 4.49. The molecule has 0 saturated heterocycles. The van der Waals surface area contributed by atoms with Crippen LogP contribution in [0.15, 0.2) is 24.3 Å². The molecule has 0 spiro atoms. The average molecular weight is 181 g/mol. The molecule has 13 heavy (non-hydrogen) atoms. The second kappa shape index (κ2) is 3.64. The molecule has 70 valence electrons. The van der Waals surface area contributed by atoms with Gasteiger partial charge in [-0.2, -0.15) is 0 Å². The maximum absolute atomic E-state index is 5.54. The topological polar surface area (TPSA) is 53.7 Å². The second-order valence-corrected chi connectivity index (χ2v) is 2.83. The van der Waals surface area contributed by atoms with E-state index in [-0.39, 0.29) is 6.10 Å². The van der Waals surface area contributed by atoms with Crippen molar-refractivity contribution in [2.45, 2.75) is 6.10 Å². The molecule has 0 radical (unpaired) electrons. The molecule has 4 nitrogen and oxygen atoms in total. The summed E-state index contributed by atoms with van der Waals surface area (Å²) in [5.74, 6) is 6.46. The molecule has 0 bridgehead atoms. The Morgan fingerprint density at radius 3 is 2.92 bits per heavy atom. The third-order valence-electron chi connectivity index (χ3n) is 1.85.